The van der Waals surface area contributed by atoms with E-state index in [4.69, 9.17) is 10.00 Å². The van der Waals surface area contributed by atoms with Crippen molar-refractivity contribution in [3.8, 4) is 11.8 Å². The highest BCUT2D eigenvalue weighted by Crippen LogP contribution is 2.21. The largest absolute Gasteiger partial charge is 0.497 e. The molecule has 2 aromatic carbocycles. The molecule has 106 valence electrons. The SMILES string of the molecule is COc1ccc(C(=O)NC(C#N)Sc2ccccc2)cc1. The van der Waals surface area contributed by atoms with Crippen LogP contribution in [0.2, 0.25) is 0 Å². The van der Waals surface area contributed by atoms with Gasteiger partial charge in [-0.25, -0.2) is 0 Å². The fourth-order valence-corrected chi connectivity index (χ4v) is 2.47. The van der Waals surface area contributed by atoms with E-state index in [0.717, 1.165) is 4.90 Å². The van der Waals surface area contributed by atoms with Crippen LogP contribution in [0.15, 0.2) is 59.5 Å². The molecule has 1 amide bonds. The van der Waals surface area contributed by atoms with Gasteiger partial charge >= 0.3 is 0 Å². The number of hydrogen-bond donors (Lipinski definition) is 1. The van der Waals surface area contributed by atoms with Crippen molar-refractivity contribution < 1.29 is 9.53 Å². The van der Waals surface area contributed by atoms with Crippen LogP contribution < -0.4 is 10.1 Å². The second-order valence-corrected chi connectivity index (χ2v) is 5.32. The lowest BCUT2D eigenvalue weighted by molar-refractivity contribution is 0.0955. The van der Waals surface area contributed by atoms with Crippen LogP contribution >= 0.6 is 11.8 Å². The number of ether oxygens (including phenoxy) is 1. The van der Waals surface area contributed by atoms with Crippen LogP contribution in [0.3, 0.4) is 0 Å². The number of amides is 1. The first kappa shape index (κ1) is 14.9. The zero-order chi connectivity index (χ0) is 15.1. The number of carbonyl (C=O) groups is 1. The molecule has 0 aliphatic carbocycles. The summed E-state index contributed by atoms with van der Waals surface area (Å²) < 4.78 is 5.04. The van der Waals surface area contributed by atoms with Crippen molar-refractivity contribution in [3.63, 3.8) is 0 Å². The van der Waals surface area contributed by atoms with E-state index in [-0.39, 0.29) is 5.91 Å². The standard InChI is InChI=1S/C16H14N2O2S/c1-20-13-9-7-12(8-10-13)16(19)18-15(11-17)21-14-5-3-2-4-6-14/h2-10,15H,1H3,(H,18,19). The molecule has 0 aliphatic heterocycles. The van der Waals surface area contributed by atoms with Gasteiger partial charge in [0.05, 0.1) is 13.2 Å². The molecule has 0 heterocycles. The Morgan fingerprint density at radius 3 is 2.43 bits per heavy atom. The third-order valence-electron chi connectivity index (χ3n) is 2.73. The zero-order valence-electron chi connectivity index (χ0n) is 11.4. The molecule has 0 fully saturated rings. The first-order chi connectivity index (χ1) is 10.2. The number of carbonyl (C=O) groups excluding carboxylic acids is 1. The summed E-state index contributed by atoms with van der Waals surface area (Å²) in [5.41, 5.74) is 0.490. The van der Waals surface area contributed by atoms with E-state index in [9.17, 15) is 4.79 Å². The van der Waals surface area contributed by atoms with Gasteiger partial charge in [-0.2, -0.15) is 5.26 Å². The Morgan fingerprint density at radius 2 is 1.86 bits per heavy atom. The summed E-state index contributed by atoms with van der Waals surface area (Å²) in [5.74, 6) is 0.398. The van der Waals surface area contributed by atoms with Crippen LogP contribution in [0.4, 0.5) is 0 Å². The highest BCUT2D eigenvalue weighted by atomic mass is 32.2. The molecular formula is C16H14N2O2S. The number of rotatable bonds is 5. The summed E-state index contributed by atoms with van der Waals surface area (Å²) in [6, 6.07) is 18.3. The van der Waals surface area contributed by atoms with Crippen LogP contribution in [0.1, 0.15) is 10.4 Å². The predicted octanol–water partition coefficient (Wildman–Crippen LogP) is 3.07. The summed E-state index contributed by atoms with van der Waals surface area (Å²) in [5, 5.41) is 11.2. The quantitative estimate of drug-likeness (QED) is 0.680. The third kappa shape index (κ3) is 4.26. The molecule has 5 heteroatoms. The number of nitriles is 1. The molecule has 2 aromatic rings. The molecule has 0 radical (unpaired) electrons. The molecule has 0 bridgehead atoms. The fourth-order valence-electron chi connectivity index (χ4n) is 1.67. The second kappa shape index (κ2) is 7.36. The number of nitrogens with one attached hydrogen (secondary N) is 1. The summed E-state index contributed by atoms with van der Waals surface area (Å²) in [7, 11) is 1.57. The minimum absolute atomic E-state index is 0.285. The van der Waals surface area contributed by atoms with Gasteiger partial charge < -0.3 is 10.1 Å². The maximum atomic E-state index is 12.1. The minimum Gasteiger partial charge on any atom is -0.497 e. The van der Waals surface area contributed by atoms with E-state index >= 15 is 0 Å². The summed E-state index contributed by atoms with van der Waals surface area (Å²) in [4.78, 5) is 13.0. The van der Waals surface area contributed by atoms with Crippen molar-refractivity contribution >= 4 is 17.7 Å². The van der Waals surface area contributed by atoms with Gasteiger partial charge in [0.1, 0.15) is 5.75 Å². The van der Waals surface area contributed by atoms with Gasteiger partial charge in [0.2, 0.25) is 0 Å². The molecule has 21 heavy (non-hydrogen) atoms. The summed E-state index contributed by atoms with van der Waals surface area (Å²) in [6.07, 6.45) is 0. The van der Waals surface area contributed by atoms with E-state index in [1.807, 2.05) is 30.3 Å². The number of nitrogens with zero attached hydrogens (tertiary/aromatic N) is 1. The van der Waals surface area contributed by atoms with Crippen molar-refractivity contribution in [2.24, 2.45) is 0 Å². The predicted molar refractivity (Wildman–Crippen MR) is 82.2 cm³/mol. The number of hydrogen-bond acceptors (Lipinski definition) is 4. The molecule has 1 atom stereocenters. The number of thioether (sulfide) groups is 1. The highest BCUT2D eigenvalue weighted by molar-refractivity contribution is 8.00. The van der Waals surface area contributed by atoms with Gasteiger partial charge in [-0.3, -0.25) is 4.79 Å². The van der Waals surface area contributed by atoms with Gasteiger partial charge in [0, 0.05) is 10.5 Å². The first-order valence-corrected chi connectivity index (χ1v) is 7.17. The molecule has 1 N–H and O–H groups in total. The van der Waals surface area contributed by atoms with Gasteiger partial charge in [-0.1, -0.05) is 30.0 Å². The average Bonchev–Trinajstić information content (AvgIpc) is 2.55. The molecule has 0 saturated carbocycles. The minimum atomic E-state index is -0.637. The molecule has 0 aromatic heterocycles. The van der Waals surface area contributed by atoms with Crippen LogP contribution in [0, 0.1) is 11.3 Å². The van der Waals surface area contributed by atoms with Gasteiger partial charge in [-0.15, -0.1) is 0 Å². The highest BCUT2D eigenvalue weighted by Gasteiger charge is 2.14. The van der Waals surface area contributed by atoms with Crippen LogP contribution in [-0.4, -0.2) is 18.4 Å². The van der Waals surface area contributed by atoms with Crippen molar-refractivity contribution in [1.82, 2.24) is 5.32 Å². The van der Waals surface area contributed by atoms with Crippen LogP contribution in [0.25, 0.3) is 0 Å². The Kier molecular flexibility index (Phi) is 5.24. The van der Waals surface area contributed by atoms with Crippen molar-refractivity contribution in [2.75, 3.05) is 7.11 Å². The molecule has 4 nitrogen and oxygen atoms in total. The lowest BCUT2D eigenvalue weighted by atomic mass is 10.2. The van der Waals surface area contributed by atoms with E-state index in [1.165, 1.54) is 11.8 Å². The Hall–Kier alpha value is -2.45. The Labute approximate surface area is 127 Å². The molecule has 1 unspecified atom stereocenters. The molecule has 0 spiro atoms. The van der Waals surface area contributed by atoms with E-state index in [1.54, 1.807) is 31.4 Å². The summed E-state index contributed by atoms with van der Waals surface area (Å²) >= 11 is 1.30. The Balaban J connectivity index is 2.01. The number of benzene rings is 2. The second-order valence-electron chi connectivity index (χ2n) is 4.14. The molecular weight excluding hydrogens is 284 g/mol. The number of methoxy groups -OCH3 is 1. The fraction of sp³-hybridized carbons (Fsp3) is 0.125. The Morgan fingerprint density at radius 1 is 1.19 bits per heavy atom. The van der Waals surface area contributed by atoms with Gasteiger partial charge in [0.25, 0.3) is 5.91 Å². The van der Waals surface area contributed by atoms with Crippen LogP contribution in [-0.2, 0) is 0 Å². The molecule has 0 saturated heterocycles. The van der Waals surface area contributed by atoms with E-state index in [2.05, 4.69) is 11.4 Å². The summed E-state index contributed by atoms with van der Waals surface area (Å²) in [6.45, 7) is 0. The lowest BCUT2D eigenvalue weighted by Crippen LogP contribution is -2.31. The van der Waals surface area contributed by atoms with Crippen molar-refractivity contribution in [2.45, 2.75) is 10.3 Å². The van der Waals surface area contributed by atoms with E-state index < -0.39 is 5.37 Å². The van der Waals surface area contributed by atoms with Gasteiger partial charge in [0.15, 0.2) is 5.37 Å². The lowest BCUT2D eigenvalue weighted by Gasteiger charge is -2.11. The average molecular weight is 298 g/mol. The van der Waals surface area contributed by atoms with Gasteiger partial charge in [-0.05, 0) is 36.4 Å². The molecule has 2 rings (SSSR count). The first-order valence-electron chi connectivity index (χ1n) is 6.29. The van der Waals surface area contributed by atoms with Crippen molar-refractivity contribution in [1.29, 1.82) is 5.26 Å². The topological polar surface area (TPSA) is 62.1 Å². The smallest absolute Gasteiger partial charge is 0.252 e. The maximum absolute atomic E-state index is 12.1. The monoisotopic (exact) mass is 298 g/mol. The molecule has 0 aliphatic rings. The van der Waals surface area contributed by atoms with Crippen molar-refractivity contribution in [3.05, 3.63) is 60.2 Å². The maximum Gasteiger partial charge on any atom is 0.252 e. The zero-order valence-corrected chi connectivity index (χ0v) is 12.3. The normalized spacial score (nSPS) is 11.2. The van der Waals surface area contributed by atoms with E-state index in [0.29, 0.717) is 11.3 Å². The Bertz CT molecular complexity index is 636. The third-order valence-corrected chi connectivity index (χ3v) is 3.73. The van der Waals surface area contributed by atoms with Crippen LogP contribution in [0.5, 0.6) is 5.75 Å².